The second-order valence-electron chi connectivity index (χ2n) is 3.56. The molecule has 1 heterocycles. The molecule has 0 aliphatic heterocycles. The van der Waals surface area contributed by atoms with E-state index in [1.807, 2.05) is 0 Å². The Balaban J connectivity index is 2.27. The summed E-state index contributed by atoms with van der Waals surface area (Å²) in [4.78, 5) is 4.12. The van der Waals surface area contributed by atoms with Crippen LogP contribution in [0.4, 0.5) is 0 Å². The maximum atomic E-state index is 5.06. The van der Waals surface area contributed by atoms with Crippen LogP contribution < -0.4 is 0 Å². The van der Waals surface area contributed by atoms with E-state index in [-0.39, 0.29) is 0 Å². The fourth-order valence-electron chi connectivity index (χ4n) is 1.46. The highest BCUT2D eigenvalue weighted by Gasteiger charge is 2.06. The van der Waals surface area contributed by atoms with Gasteiger partial charge in [-0.05, 0) is 46.1 Å². The van der Waals surface area contributed by atoms with Gasteiger partial charge in [0.15, 0.2) is 0 Å². The summed E-state index contributed by atoms with van der Waals surface area (Å²) < 4.78 is 5.56. The lowest BCUT2D eigenvalue weighted by molar-refractivity contribution is 0.381. The first kappa shape index (κ1) is 10.4. The molecule has 0 radical (unpaired) electrons. The fraction of sp³-hybridized carbons (Fsp3) is 0.273. The van der Waals surface area contributed by atoms with Crippen LogP contribution >= 0.6 is 15.9 Å². The largest absolute Gasteiger partial charge is 0.338 e. The molecule has 2 aromatic rings. The quantitative estimate of drug-likeness (QED) is 0.839. The van der Waals surface area contributed by atoms with Gasteiger partial charge in [-0.3, -0.25) is 0 Å². The van der Waals surface area contributed by atoms with Crippen LogP contribution in [0.15, 0.2) is 27.5 Å². The first-order valence-electron chi connectivity index (χ1n) is 4.69. The number of aromatic nitrogens is 2. The Morgan fingerprint density at radius 2 is 2.13 bits per heavy atom. The second kappa shape index (κ2) is 4.14. The molecular formula is C11H11BrN2O. The average molecular weight is 267 g/mol. The van der Waals surface area contributed by atoms with Crippen LogP contribution in [0.3, 0.4) is 0 Å². The van der Waals surface area contributed by atoms with Gasteiger partial charge in [-0.1, -0.05) is 23.8 Å². The molecule has 1 aromatic carbocycles. The number of halogens is 1. The molecule has 0 fully saturated rings. The maximum Gasteiger partial charge on any atom is 0.238 e. The summed E-state index contributed by atoms with van der Waals surface area (Å²) in [6, 6.07) is 6.35. The molecule has 0 amide bonds. The zero-order valence-corrected chi connectivity index (χ0v) is 10.2. The van der Waals surface area contributed by atoms with E-state index >= 15 is 0 Å². The number of hydrogen-bond donors (Lipinski definition) is 0. The van der Waals surface area contributed by atoms with Crippen molar-refractivity contribution in [2.45, 2.75) is 20.3 Å². The van der Waals surface area contributed by atoms with E-state index in [4.69, 9.17) is 4.52 Å². The van der Waals surface area contributed by atoms with Crippen molar-refractivity contribution < 1.29 is 4.52 Å². The summed E-state index contributed by atoms with van der Waals surface area (Å²) in [5, 5.41) is 3.70. The topological polar surface area (TPSA) is 38.9 Å². The van der Waals surface area contributed by atoms with Crippen molar-refractivity contribution in [3.8, 4) is 0 Å². The molecule has 15 heavy (non-hydrogen) atoms. The normalized spacial score (nSPS) is 10.6. The molecule has 0 aliphatic rings. The standard InChI is InChI=1S/C11H11BrN2O/c1-7-3-4-8(2)9(5-7)6-10-13-11(12)14-15-10/h3-5H,6H2,1-2H3. The second-order valence-corrected chi connectivity index (χ2v) is 4.27. The molecule has 0 aliphatic carbocycles. The van der Waals surface area contributed by atoms with Crippen LogP contribution in [0.25, 0.3) is 0 Å². The van der Waals surface area contributed by atoms with Gasteiger partial charge in [0.25, 0.3) is 0 Å². The van der Waals surface area contributed by atoms with Gasteiger partial charge in [-0.25, -0.2) is 0 Å². The summed E-state index contributed by atoms with van der Waals surface area (Å²) >= 11 is 3.16. The predicted molar refractivity (Wildman–Crippen MR) is 60.7 cm³/mol. The van der Waals surface area contributed by atoms with Crippen LogP contribution in [-0.4, -0.2) is 10.1 Å². The Morgan fingerprint density at radius 1 is 1.33 bits per heavy atom. The van der Waals surface area contributed by atoms with Gasteiger partial charge in [0, 0.05) is 0 Å². The summed E-state index contributed by atoms with van der Waals surface area (Å²) in [5.74, 6) is 0.635. The first-order valence-corrected chi connectivity index (χ1v) is 5.48. The molecule has 0 saturated heterocycles. The number of aryl methyl sites for hydroxylation is 2. The molecule has 0 spiro atoms. The van der Waals surface area contributed by atoms with Crippen LogP contribution in [0.2, 0.25) is 0 Å². The minimum absolute atomic E-state index is 0.503. The van der Waals surface area contributed by atoms with E-state index in [9.17, 15) is 0 Å². The number of nitrogens with zero attached hydrogens (tertiary/aromatic N) is 2. The van der Waals surface area contributed by atoms with Crippen molar-refractivity contribution in [2.75, 3.05) is 0 Å². The van der Waals surface area contributed by atoms with Crippen molar-refractivity contribution >= 4 is 15.9 Å². The third-order valence-electron chi connectivity index (χ3n) is 2.29. The van der Waals surface area contributed by atoms with Crippen molar-refractivity contribution in [3.63, 3.8) is 0 Å². The molecule has 0 atom stereocenters. The summed E-state index contributed by atoms with van der Waals surface area (Å²) in [6.45, 7) is 4.16. The van der Waals surface area contributed by atoms with E-state index in [2.05, 4.69) is 58.1 Å². The molecule has 0 bridgehead atoms. The van der Waals surface area contributed by atoms with Crippen LogP contribution in [0, 0.1) is 13.8 Å². The van der Waals surface area contributed by atoms with Crippen LogP contribution in [0.1, 0.15) is 22.6 Å². The number of hydrogen-bond acceptors (Lipinski definition) is 3. The summed E-state index contributed by atoms with van der Waals surface area (Å²) in [7, 11) is 0. The van der Waals surface area contributed by atoms with Gasteiger partial charge < -0.3 is 4.52 Å². The number of benzene rings is 1. The van der Waals surface area contributed by atoms with E-state index in [1.165, 1.54) is 16.7 Å². The molecule has 0 unspecified atom stereocenters. The van der Waals surface area contributed by atoms with E-state index in [0.717, 1.165) is 0 Å². The smallest absolute Gasteiger partial charge is 0.238 e. The van der Waals surface area contributed by atoms with Crippen molar-refractivity contribution in [1.29, 1.82) is 0 Å². The maximum absolute atomic E-state index is 5.06. The fourth-order valence-corrected chi connectivity index (χ4v) is 1.73. The lowest BCUT2D eigenvalue weighted by atomic mass is 10.0. The number of rotatable bonds is 2. The average Bonchev–Trinajstić information content (AvgIpc) is 2.58. The summed E-state index contributed by atoms with van der Waals surface area (Å²) in [6.07, 6.45) is 0.687. The van der Waals surface area contributed by atoms with E-state index < -0.39 is 0 Å². The molecule has 0 N–H and O–H groups in total. The molecular weight excluding hydrogens is 256 g/mol. The zero-order chi connectivity index (χ0) is 10.8. The van der Waals surface area contributed by atoms with Crippen LogP contribution in [-0.2, 0) is 6.42 Å². The van der Waals surface area contributed by atoms with Gasteiger partial charge in [-0.15, -0.1) is 0 Å². The first-order chi connectivity index (χ1) is 7.15. The van der Waals surface area contributed by atoms with Gasteiger partial charge in [-0.2, -0.15) is 4.98 Å². The minimum Gasteiger partial charge on any atom is -0.338 e. The molecule has 1 aromatic heterocycles. The third kappa shape index (κ3) is 2.45. The van der Waals surface area contributed by atoms with Crippen LogP contribution in [0.5, 0.6) is 0 Å². The zero-order valence-electron chi connectivity index (χ0n) is 8.62. The van der Waals surface area contributed by atoms with Crippen molar-refractivity contribution in [2.24, 2.45) is 0 Å². The minimum atomic E-state index is 0.503. The van der Waals surface area contributed by atoms with Crippen molar-refractivity contribution in [3.05, 3.63) is 45.5 Å². The predicted octanol–water partition coefficient (Wildman–Crippen LogP) is 3.04. The van der Waals surface area contributed by atoms with Gasteiger partial charge >= 0.3 is 0 Å². The highest BCUT2D eigenvalue weighted by atomic mass is 79.9. The Kier molecular flexibility index (Phi) is 2.86. The highest BCUT2D eigenvalue weighted by Crippen LogP contribution is 2.15. The Labute approximate surface area is 96.6 Å². The Bertz CT molecular complexity index is 479. The molecule has 3 nitrogen and oxygen atoms in total. The monoisotopic (exact) mass is 266 g/mol. The highest BCUT2D eigenvalue weighted by molar-refractivity contribution is 9.10. The Hall–Kier alpha value is -1.16. The van der Waals surface area contributed by atoms with E-state index in [1.54, 1.807) is 0 Å². The summed E-state index contributed by atoms with van der Waals surface area (Å²) in [5.41, 5.74) is 3.72. The lowest BCUT2D eigenvalue weighted by Crippen LogP contribution is -1.92. The molecule has 4 heteroatoms. The molecule has 78 valence electrons. The van der Waals surface area contributed by atoms with Gasteiger partial charge in [0.2, 0.25) is 10.6 Å². The molecule has 0 saturated carbocycles. The third-order valence-corrected chi connectivity index (χ3v) is 2.61. The molecule has 2 rings (SSSR count). The lowest BCUT2D eigenvalue weighted by Gasteiger charge is -2.03. The SMILES string of the molecule is Cc1ccc(C)c(Cc2nc(Br)no2)c1. The van der Waals surface area contributed by atoms with Crippen molar-refractivity contribution in [1.82, 2.24) is 10.1 Å². The van der Waals surface area contributed by atoms with E-state index in [0.29, 0.717) is 17.0 Å². The van der Waals surface area contributed by atoms with Gasteiger partial charge in [0.1, 0.15) is 0 Å². The Morgan fingerprint density at radius 3 is 2.80 bits per heavy atom. The van der Waals surface area contributed by atoms with Gasteiger partial charge in [0.05, 0.1) is 6.42 Å².